The largest absolute Gasteiger partial charge is 0.375 e. The van der Waals surface area contributed by atoms with Gasteiger partial charge in [0.1, 0.15) is 5.69 Å². The summed E-state index contributed by atoms with van der Waals surface area (Å²) >= 11 is 1.48. The zero-order valence-corrected chi connectivity index (χ0v) is 11.3. The molecule has 1 unspecified atom stereocenters. The first kappa shape index (κ1) is 12.3. The third kappa shape index (κ3) is 2.39. The van der Waals surface area contributed by atoms with E-state index in [9.17, 15) is 10.1 Å². The lowest BCUT2D eigenvalue weighted by atomic mass is 10.2. The summed E-state index contributed by atoms with van der Waals surface area (Å²) in [4.78, 5) is 15.2. The minimum absolute atomic E-state index is 0.128. The Morgan fingerprint density at radius 3 is 3.11 bits per heavy atom. The number of fused-ring (bicyclic) bond motifs is 1. The van der Waals surface area contributed by atoms with Crippen LogP contribution in [0, 0.1) is 17.0 Å². The molecule has 7 heteroatoms. The number of nitrogens with one attached hydrogen (secondary N) is 2. The van der Waals surface area contributed by atoms with Crippen LogP contribution in [0.15, 0.2) is 12.1 Å². The minimum Gasteiger partial charge on any atom is -0.375 e. The molecule has 1 fully saturated rings. The molecule has 1 aromatic heterocycles. The highest BCUT2D eigenvalue weighted by molar-refractivity contribution is 7.18. The molecule has 2 aromatic rings. The van der Waals surface area contributed by atoms with Gasteiger partial charge in [-0.3, -0.25) is 10.1 Å². The van der Waals surface area contributed by atoms with Gasteiger partial charge < -0.3 is 10.6 Å². The molecule has 1 aromatic carbocycles. The Hall–Kier alpha value is -1.73. The van der Waals surface area contributed by atoms with E-state index >= 15 is 0 Å². The topological polar surface area (TPSA) is 80.1 Å². The Balaban J connectivity index is 2.03. The fourth-order valence-electron chi connectivity index (χ4n) is 2.34. The number of nitro groups is 1. The van der Waals surface area contributed by atoms with Crippen molar-refractivity contribution in [1.82, 2.24) is 10.3 Å². The summed E-state index contributed by atoms with van der Waals surface area (Å²) in [6, 6.07) is 3.65. The van der Waals surface area contributed by atoms with Crippen molar-refractivity contribution in [2.24, 2.45) is 0 Å². The normalized spacial score (nSPS) is 18.9. The van der Waals surface area contributed by atoms with E-state index in [4.69, 9.17) is 0 Å². The number of nitro benzene ring substituents is 1. The van der Waals surface area contributed by atoms with Crippen molar-refractivity contribution in [3.05, 3.63) is 27.3 Å². The summed E-state index contributed by atoms with van der Waals surface area (Å²) in [6.45, 7) is 3.69. The van der Waals surface area contributed by atoms with Crippen LogP contribution >= 0.6 is 11.3 Å². The standard InChI is InChI=1S/C12H14N4O2S/c1-7-14-10-4-9(15-8-2-3-13-6-8)11(16(17)18)5-12(10)19-7/h4-5,8,13,15H,2-3,6H2,1H3. The fourth-order valence-corrected chi connectivity index (χ4v) is 3.18. The number of hydrogen-bond acceptors (Lipinski definition) is 6. The molecule has 2 heterocycles. The summed E-state index contributed by atoms with van der Waals surface area (Å²) in [7, 11) is 0. The van der Waals surface area contributed by atoms with Gasteiger partial charge in [-0.15, -0.1) is 11.3 Å². The second kappa shape index (κ2) is 4.75. The molecule has 0 spiro atoms. The quantitative estimate of drug-likeness (QED) is 0.665. The van der Waals surface area contributed by atoms with E-state index in [1.165, 1.54) is 11.3 Å². The van der Waals surface area contributed by atoms with E-state index in [1.54, 1.807) is 12.1 Å². The Bertz CT molecular complexity index is 634. The molecule has 6 nitrogen and oxygen atoms in total. The number of benzene rings is 1. The van der Waals surface area contributed by atoms with Crippen LogP contribution < -0.4 is 10.6 Å². The van der Waals surface area contributed by atoms with Crippen LogP contribution in [0.4, 0.5) is 11.4 Å². The van der Waals surface area contributed by atoms with Gasteiger partial charge in [-0.25, -0.2) is 4.98 Å². The van der Waals surface area contributed by atoms with Crippen LogP contribution in [0.25, 0.3) is 10.2 Å². The van der Waals surface area contributed by atoms with E-state index < -0.39 is 0 Å². The molecule has 0 bridgehead atoms. The van der Waals surface area contributed by atoms with E-state index in [2.05, 4.69) is 15.6 Å². The number of aromatic nitrogens is 1. The minimum atomic E-state index is -0.334. The van der Waals surface area contributed by atoms with Crippen LogP contribution in [-0.4, -0.2) is 29.0 Å². The molecule has 19 heavy (non-hydrogen) atoms. The molecule has 1 saturated heterocycles. The summed E-state index contributed by atoms with van der Waals surface area (Å²) < 4.78 is 0.860. The van der Waals surface area contributed by atoms with Crippen LogP contribution in [0.2, 0.25) is 0 Å². The second-order valence-electron chi connectivity index (χ2n) is 4.66. The average Bonchev–Trinajstić information content (AvgIpc) is 2.95. The van der Waals surface area contributed by atoms with E-state index in [1.807, 2.05) is 6.92 Å². The van der Waals surface area contributed by atoms with Gasteiger partial charge in [0.15, 0.2) is 0 Å². The van der Waals surface area contributed by atoms with E-state index in [0.717, 1.165) is 34.7 Å². The summed E-state index contributed by atoms with van der Waals surface area (Å²) in [5.74, 6) is 0. The molecule has 2 N–H and O–H groups in total. The molecule has 1 aliphatic rings. The van der Waals surface area contributed by atoms with Gasteiger partial charge in [0, 0.05) is 18.7 Å². The van der Waals surface area contributed by atoms with E-state index in [-0.39, 0.29) is 16.7 Å². The molecular weight excluding hydrogens is 264 g/mol. The zero-order valence-electron chi connectivity index (χ0n) is 10.5. The highest BCUT2D eigenvalue weighted by atomic mass is 32.1. The highest BCUT2D eigenvalue weighted by Crippen LogP contribution is 2.33. The van der Waals surface area contributed by atoms with Crippen LogP contribution in [0.1, 0.15) is 11.4 Å². The van der Waals surface area contributed by atoms with Crippen molar-refractivity contribution in [2.75, 3.05) is 18.4 Å². The number of thiazole rings is 1. The first-order valence-electron chi connectivity index (χ1n) is 6.16. The molecule has 0 amide bonds. The van der Waals surface area contributed by atoms with E-state index in [0.29, 0.717) is 5.69 Å². The average molecular weight is 278 g/mol. The lowest BCUT2D eigenvalue weighted by molar-refractivity contribution is -0.383. The zero-order chi connectivity index (χ0) is 13.4. The predicted molar refractivity (Wildman–Crippen MR) is 75.9 cm³/mol. The van der Waals surface area contributed by atoms with Crippen LogP contribution in [-0.2, 0) is 0 Å². The molecule has 0 saturated carbocycles. The van der Waals surface area contributed by atoms with Crippen molar-refractivity contribution in [3.8, 4) is 0 Å². The van der Waals surface area contributed by atoms with Crippen molar-refractivity contribution in [2.45, 2.75) is 19.4 Å². The fraction of sp³-hybridized carbons (Fsp3) is 0.417. The summed E-state index contributed by atoms with van der Waals surface area (Å²) in [6.07, 6.45) is 0.977. The van der Waals surface area contributed by atoms with Crippen molar-refractivity contribution >= 4 is 32.9 Å². The molecule has 1 atom stereocenters. The maximum atomic E-state index is 11.2. The van der Waals surface area contributed by atoms with Gasteiger partial charge in [-0.05, 0) is 26.0 Å². The van der Waals surface area contributed by atoms with Gasteiger partial charge in [0.2, 0.25) is 0 Å². The predicted octanol–water partition coefficient (Wildman–Crippen LogP) is 2.29. The Morgan fingerprint density at radius 2 is 2.42 bits per heavy atom. The Morgan fingerprint density at radius 1 is 1.58 bits per heavy atom. The Kier molecular flexibility index (Phi) is 3.08. The summed E-state index contributed by atoms with van der Waals surface area (Å²) in [5, 5.41) is 18.6. The van der Waals surface area contributed by atoms with Gasteiger partial charge in [-0.1, -0.05) is 0 Å². The molecule has 100 valence electrons. The van der Waals surface area contributed by atoms with Gasteiger partial charge >= 0.3 is 0 Å². The molecule has 0 aliphatic carbocycles. The molecule has 3 rings (SSSR count). The molecule has 0 radical (unpaired) electrons. The highest BCUT2D eigenvalue weighted by Gasteiger charge is 2.21. The van der Waals surface area contributed by atoms with Gasteiger partial charge in [0.25, 0.3) is 5.69 Å². The summed E-state index contributed by atoms with van der Waals surface area (Å²) in [5.41, 5.74) is 1.51. The number of rotatable bonds is 3. The lowest BCUT2D eigenvalue weighted by Crippen LogP contribution is -2.22. The second-order valence-corrected chi connectivity index (χ2v) is 5.90. The lowest BCUT2D eigenvalue weighted by Gasteiger charge is -2.12. The van der Waals surface area contributed by atoms with Crippen molar-refractivity contribution in [3.63, 3.8) is 0 Å². The van der Waals surface area contributed by atoms with Crippen molar-refractivity contribution in [1.29, 1.82) is 0 Å². The van der Waals surface area contributed by atoms with Gasteiger partial charge in [0.05, 0.1) is 20.1 Å². The monoisotopic (exact) mass is 278 g/mol. The molecular formula is C12H14N4O2S. The number of aryl methyl sites for hydroxylation is 1. The number of nitrogens with zero attached hydrogens (tertiary/aromatic N) is 2. The Labute approximate surface area is 114 Å². The number of hydrogen-bond donors (Lipinski definition) is 2. The van der Waals surface area contributed by atoms with Crippen LogP contribution in [0.3, 0.4) is 0 Å². The first-order valence-corrected chi connectivity index (χ1v) is 6.98. The maximum Gasteiger partial charge on any atom is 0.293 e. The van der Waals surface area contributed by atoms with Crippen LogP contribution in [0.5, 0.6) is 0 Å². The van der Waals surface area contributed by atoms with Crippen molar-refractivity contribution < 1.29 is 4.92 Å². The first-order chi connectivity index (χ1) is 9.13. The third-order valence-corrected chi connectivity index (χ3v) is 4.16. The molecule has 1 aliphatic heterocycles. The third-order valence-electron chi connectivity index (χ3n) is 3.23. The smallest absolute Gasteiger partial charge is 0.293 e. The maximum absolute atomic E-state index is 11.2. The SMILES string of the molecule is Cc1nc2cc(NC3CCNC3)c([N+](=O)[O-])cc2s1. The number of anilines is 1. The van der Waals surface area contributed by atoms with Gasteiger partial charge in [-0.2, -0.15) is 0 Å².